The molecule has 2 N–H and O–H groups in total. The highest BCUT2D eigenvalue weighted by Gasteiger charge is 2.37. The van der Waals surface area contributed by atoms with Gasteiger partial charge in [-0.25, -0.2) is 4.68 Å². The van der Waals surface area contributed by atoms with E-state index in [9.17, 15) is 9.90 Å². The second-order valence-electron chi connectivity index (χ2n) is 7.79. The van der Waals surface area contributed by atoms with Crippen molar-refractivity contribution in [2.45, 2.75) is 32.2 Å². The summed E-state index contributed by atoms with van der Waals surface area (Å²) in [5, 5.41) is 18.3. The van der Waals surface area contributed by atoms with Gasteiger partial charge in [-0.3, -0.25) is 4.79 Å². The van der Waals surface area contributed by atoms with Crippen molar-refractivity contribution in [3.8, 4) is 28.6 Å². The molecule has 2 aromatic carbocycles. The van der Waals surface area contributed by atoms with Gasteiger partial charge in [0.2, 0.25) is 5.95 Å². The lowest BCUT2D eigenvalue weighted by Crippen LogP contribution is -2.31. The summed E-state index contributed by atoms with van der Waals surface area (Å²) < 4.78 is 12.6. The smallest absolute Gasteiger partial charge is 0.226 e. The zero-order valence-electron chi connectivity index (χ0n) is 18.0. The summed E-state index contributed by atoms with van der Waals surface area (Å²) in [6, 6.07) is 12.3. The molecule has 1 aliphatic heterocycles. The van der Waals surface area contributed by atoms with E-state index in [1.54, 1.807) is 30.0 Å². The summed E-state index contributed by atoms with van der Waals surface area (Å²) in [7, 11) is 1.62. The molecule has 0 amide bonds. The Bertz CT molecular complexity index is 1210. The Hall–Kier alpha value is -3.81. The van der Waals surface area contributed by atoms with Gasteiger partial charge >= 0.3 is 0 Å². The first-order chi connectivity index (χ1) is 15.6. The van der Waals surface area contributed by atoms with Crippen LogP contribution in [0.3, 0.4) is 0 Å². The van der Waals surface area contributed by atoms with Crippen LogP contribution in [0.15, 0.2) is 53.7 Å². The number of ether oxygens (including phenoxy) is 2. The van der Waals surface area contributed by atoms with Crippen molar-refractivity contribution in [2.75, 3.05) is 19.0 Å². The van der Waals surface area contributed by atoms with Crippen LogP contribution in [-0.2, 0) is 4.79 Å². The van der Waals surface area contributed by atoms with E-state index in [1.807, 2.05) is 31.2 Å². The number of allylic oxidation sites excluding steroid dienone is 2. The Morgan fingerprint density at radius 2 is 2.00 bits per heavy atom. The first-order valence-electron chi connectivity index (χ1n) is 10.7. The summed E-state index contributed by atoms with van der Waals surface area (Å²) in [4.78, 5) is 17.7. The third-order valence-corrected chi connectivity index (χ3v) is 5.82. The third-order valence-electron chi connectivity index (χ3n) is 5.82. The van der Waals surface area contributed by atoms with Crippen molar-refractivity contribution in [3.63, 3.8) is 0 Å². The average molecular weight is 432 g/mol. The van der Waals surface area contributed by atoms with E-state index in [1.165, 1.54) is 0 Å². The van der Waals surface area contributed by atoms with E-state index >= 15 is 0 Å². The number of hydrogen-bond acceptors (Lipinski definition) is 7. The van der Waals surface area contributed by atoms with Crippen LogP contribution in [0.4, 0.5) is 5.95 Å². The maximum absolute atomic E-state index is 13.0. The number of benzene rings is 2. The van der Waals surface area contributed by atoms with E-state index in [0.717, 1.165) is 35.4 Å². The Kier molecular flexibility index (Phi) is 5.05. The maximum Gasteiger partial charge on any atom is 0.226 e. The van der Waals surface area contributed by atoms with Gasteiger partial charge in [-0.1, -0.05) is 6.07 Å². The molecule has 1 aliphatic carbocycles. The van der Waals surface area contributed by atoms with E-state index in [4.69, 9.17) is 19.6 Å². The first-order valence-corrected chi connectivity index (χ1v) is 10.7. The second-order valence-corrected chi connectivity index (χ2v) is 7.79. The van der Waals surface area contributed by atoms with Crippen LogP contribution in [0.1, 0.15) is 37.8 Å². The molecule has 1 atom stereocenters. The Morgan fingerprint density at radius 3 is 2.75 bits per heavy atom. The van der Waals surface area contributed by atoms with Gasteiger partial charge in [0, 0.05) is 23.3 Å². The number of phenols is 1. The van der Waals surface area contributed by atoms with Gasteiger partial charge < -0.3 is 19.9 Å². The minimum Gasteiger partial charge on any atom is -0.504 e. The predicted molar refractivity (Wildman–Crippen MR) is 119 cm³/mol. The number of Topliss-reactive ketones (excluding diaryl/α,β-unsaturated/α-hetero) is 1. The van der Waals surface area contributed by atoms with Gasteiger partial charge in [-0.2, -0.15) is 4.98 Å². The molecule has 2 heterocycles. The van der Waals surface area contributed by atoms with E-state index in [0.29, 0.717) is 36.1 Å². The zero-order valence-corrected chi connectivity index (χ0v) is 18.0. The number of rotatable bonds is 5. The van der Waals surface area contributed by atoms with Gasteiger partial charge in [0.05, 0.1) is 13.7 Å². The molecule has 5 rings (SSSR count). The Morgan fingerprint density at radius 1 is 1.19 bits per heavy atom. The number of nitrogens with one attached hydrogen (secondary N) is 1. The molecule has 1 aromatic heterocycles. The van der Waals surface area contributed by atoms with Crippen molar-refractivity contribution in [2.24, 2.45) is 0 Å². The summed E-state index contributed by atoms with van der Waals surface area (Å²) >= 11 is 0. The number of hydrogen-bond donors (Lipinski definition) is 2. The highest BCUT2D eigenvalue weighted by Crippen LogP contribution is 2.42. The lowest BCUT2D eigenvalue weighted by molar-refractivity contribution is -0.116. The van der Waals surface area contributed by atoms with Crippen LogP contribution < -0.4 is 14.8 Å². The number of nitrogens with zero attached hydrogens (tertiary/aromatic N) is 3. The van der Waals surface area contributed by atoms with Gasteiger partial charge in [0.25, 0.3) is 0 Å². The summed E-state index contributed by atoms with van der Waals surface area (Å²) in [6.07, 6.45) is 2.08. The van der Waals surface area contributed by atoms with Gasteiger partial charge in [0.1, 0.15) is 11.8 Å². The number of methoxy groups -OCH3 is 1. The van der Waals surface area contributed by atoms with Crippen LogP contribution in [0.5, 0.6) is 17.2 Å². The van der Waals surface area contributed by atoms with Crippen molar-refractivity contribution in [1.29, 1.82) is 0 Å². The Balaban J connectivity index is 1.64. The van der Waals surface area contributed by atoms with E-state index < -0.39 is 6.04 Å². The van der Waals surface area contributed by atoms with Gasteiger partial charge in [0.15, 0.2) is 23.1 Å². The lowest BCUT2D eigenvalue weighted by atomic mass is 9.85. The molecule has 0 saturated carbocycles. The molecule has 0 saturated heterocycles. The number of carbonyl (C=O) groups excluding carboxylic acids is 1. The quantitative estimate of drug-likeness (QED) is 0.627. The van der Waals surface area contributed by atoms with Crippen molar-refractivity contribution in [3.05, 3.63) is 59.3 Å². The van der Waals surface area contributed by atoms with Crippen LogP contribution in [0.2, 0.25) is 0 Å². The van der Waals surface area contributed by atoms with E-state index in [-0.39, 0.29) is 11.5 Å². The number of anilines is 1. The number of aromatic nitrogens is 3. The normalized spacial score (nSPS) is 17.4. The zero-order chi connectivity index (χ0) is 22.2. The van der Waals surface area contributed by atoms with Crippen LogP contribution in [-0.4, -0.2) is 39.4 Å². The molecule has 0 radical (unpaired) electrons. The van der Waals surface area contributed by atoms with Crippen molar-refractivity contribution >= 4 is 11.7 Å². The summed E-state index contributed by atoms with van der Waals surface area (Å²) in [5.41, 5.74) is 3.24. The standard InChI is InChI=1S/C24H24N4O4/c1-3-32-20-13-15(9-12-18(20)29)22-21-17(5-4-6-19(21)30)25-24-26-23(27-28(22)24)14-7-10-16(31-2)11-8-14/h7-13,22,29H,3-6H2,1-2H3,(H,25,26,27). The topological polar surface area (TPSA) is 98.5 Å². The van der Waals surface area contributed by atoms with Crippen molar-refractivity contribution < 1.29 is 19.4 Å². The van der Waals surface area contributed by atoms with Crippen LogP contribution in [0, 0.1) is 0 Å². The van der Waals surface area contributed by atoms with Gasteiger partial charge in [-0.15, -0.1) is 5.10 Å². The second kappa shape index (κ2) is 8.03. The van der Waals surface area contributed by atoms with Crippen LogP contribution in [0.25, 0.3) is 11.4 Å². The minimum absolute atomic E-state index is 0.0615. The fourth-order valence-electron chi connectivity index (χ4n) is 4.30. The number of fused-ring (bicyclic) bond motifs is 1. The highest BCUT2D eigenvalue weighted by molar-refractivity contribution is 5.99. The molecule has 8 heteroatoms. The monoisotopic (exact) mass is 432 g/mol. The molecular formula is C24H24N4O4. The molecule has 0 bridgehead atoms. The van der Waals surface area contributed by atoms with Crippen molar-refractivity contribution in [1.82, 2.24) is 14.8 Å². The molecule has 164 valence electrons. The average Bonchev–Trinajstić information content (AvgIpc) is 3.23. The van der Waals surface area contributed by atoms with Crippen LogP contribution >= 0.6 is 0 Å². The number of phenolic OH excluding ortho intramolecular Hbond substituents is 1. The fourth-order valence-corrected chi connectivity index (χ4v) is 4.30. The molecular weight excluding hydrogens is 408 g/mol. The molecule has 8 nitrogen and oxygen atoms in total. The summed E-state index contributed by atoms with van der Waals surface area (Å²) in [6.45, 7) is 2.28. The third kappa shape index (κ3) is 3.37. The molecule has 3 aromatic rings. The Labute approximate surface area is 185 Å². The van der Waals surface area contributed by atoms with Gasteiger partial charge in [-0.05, 0) is 61.7 Å². The number of ketones is 1. The maximum atomic E-state index is 13.0. The predicted octanol–water partition coefficient (Wildman–Crippen LogP) is 4.08. The molecule has 0 fully saturated rings. The molecule has 2 aliphatic rings. The molecule has 1 unspecified atom stereocenters. The molecule has 32 heavy (non-hydrogen) atoms. The number of carbonyl (C=O) groups is 1. The number of aromatic hydroxyl groups is 1. The summed E-state index contributed by atoms with van der Waals surface area (Å²) in [5.74, 6) is 2.43. The highest BCUT2D eigenvalue weighted by atomic mass is 16.5. The fraction of sp³-hybridized carbons (Fsp3) is 0.292. The molecule has 0 spiro atoms. The van der Waals surface area contributed by atoms with E-state index in [2.05, 4.69) is 5.32 Å². The largest absolute Gasteiger partial charge is 0.504 e. The first kappa shape index (κ1) is 20.1. The lowest BCUT2D eigenvalue weighted by Gasteiger charge is -2.32. The minimum atomic E-state index is -0.451. The SMILES string of the molecule is CCOc1cc(C2C3=C(CCCC3=O)Nc3nc(-c4ccc(OC)cc4)nn32)ccc1O.